The summed E-state index contributed by atoms with van der Waals surface area (Å²) in [7, 11) is 0. The van der Waals surface area contributed by atoms with Crippen LogP contribution >= 0.6 is 0 Å². The normalized spacial score (nSPS) is 20.2. The molecule has 1 heterocycles. The van der Waals surface area contributed by atoms with E-state index in [1.54, 1.807) is 37.3 Å². The van der Waals surface area contributed by atoms with Gasteiger partial charge in [-0.3, -0.25) is 4.99 Å². The van der Waals surface area contributed by atoms with E-state index >= 15 is 0 Å². The van der Waals surface area contributed by atoms with Crippen LogP contribution in [0.15, 0.2) is 76.5 Å². The highest BCUT2D eigenvalue weighted by molar-refractivity contribution is 6.13. The third-order valence-corrected chi connectivity index (χ3v) is 4.12. The minimum absolute atomic E-state index is 0.0573. The van der Waals surface area contributed by atoms with E-state index in [4.69, 9.17) is 4.74 Å². The second kappa shape index (κ2) is 7.74. The molecule has 7 heteroatoms. The molecule has 0 radical (unpaired) electrons. The molecule has 138 valence electrons. The molecule has 0 fully saturated rings. The van der Waals surface area contributed by atoms with Gasteiger partial charge in [0.05, 0.1) is 12.2 Å². The third kappa shape index (κ3) is 3.52. The molecule has 1 N–H and O–H groups in total. The van der Waals surface area contributed by atoms with Gasteiger partial charge in [-0.1, -0.05) is 42.5 Å². The topological polar surface area (TPSA) is 108 Å². The van der Waals surface area contributed by atoms with Crippen LogP contribution in [0.25, 0.3) is 5.57 Å². The Morgan fingerprint density at radius 1 is 1.22 bits per heavy atom. The van der Waals surface area contributed by atoms with Crippen molar-refractivity contribution in [1.29, 1.82) is 0 Å². The van der Waals surface area contributed by atoms with Crippen molar-refractivity contribution in [1.82, 2.24) is 0 Å². The molecule has 1 aromatic rings. The van der Waals surface area contributed by atoms with Crippen LogP contribution < -0.4 is 0 Å². The summed E-state index contributed by atoms with van der Waals surface area (Å²) in [5.74, 6) is -0.852. The molecule has 0 spiro atoms. The predicted molar refractivity (Wildman–Crippen MR) is 102 cm³/mol. The molecule has 2 aliphatic rings. The van der Waals surface area contributed by atoms with Crippen molar-refractivity contribution in [2.75, 3.05) is 6.61 Å². The van der Waals surface area contributed by atoms with Crippen LogP contribution in [0.5, 0.6) is 0 Å². The summed E-state index contributed by atoms with van der Waals surface area (Å²) < 4.78 is 5.09. The zero-order valence-corrected chi connectivity index (χ0v) is 14.5. The lowest BCUT2D eigenvalue weighted by molar-refractivity contribution is -0.377. The first kappa shape index (κ1) is 18.2. The Balaban J connectivity index is 2.19. The molecule has 0 saturated heterocycles. The van der Waals surface area contributed by atoms with E-state index in [0.29, 0.717) is 11.1 Å². The Bertz CT molecular complexity index is 932. The molecular formula is C20H17N2O5-. The number of nitrogens with zero attached hydrogens (tertiary/aromatic N) is 2. The molecular weight excluding hydrogens is 348 g/mol. The first-order valence-electron chi connectivity index (χ1n) is 8.34. The minimum Gasteiger partial charge on any atom is -0.612 e. The number of aliphatic hydroxyl groups is 1. The smallest absolute Gasteiger partial charge is 0.335 e. The van der Waals surface area contributed by atoms with E-state index in [9.17, 15) is 20.3 Å². The summed E-state index contributed by atoms with van der Waals surface area (Å²) in [6.07, 6.45) is 7.23. The highest BCUT2D eigenvalue weighted by Gasteiger charge is 2.33. The van der Waals surface area contributed by atoms with Gasteiger partial charge in [0.2, 0.25) is 5.71 Å². The molecule has 0 amide bonds. The van der Waals surface area contributed by atoms with Crippen molar-refractivity contribution < 1.29 is 19.5 Å². The van der Waals surface area contributed by atoms with Gasteiger partial charge in [-0.25, -0.2) is 4.79 Å². The van der Waals surface area contributed by atoms with Crippen molar-refractivity contribution in [3.05, 3.63) is 87.5 Å². The van der Waals surface area contributed by atoms with E-state index in [2.05, 4.69) is 4.99 Å². The van der Waals surface area contributed by atoms with E-state index in [0.717, 1.165) is 0 Å². The number of allylic oxidation sites excluding steroid dienone is 6. The summed E-state index contributed by atoms with van der Waals surface area (Å²) in [5, 5.41) is 33.4. The van der Waals surface area contributed by atoms with Crippen molar-refractivity contribution in [2.24, 2.45) is 4.99 Å². The van der Waals surface area contributed by atoms with Crippen molar-refractivity contribution in [2.45, 2.75) is 13.0 Å². The summed E-state index contributed by atoms with van der Waals surface area (Å²) in [5.41, 5.74) is 1.20. The average molecular weight is 365 g/mol. The average Bonchev–Trinajstić information content (AvgIpc) is 3.13. The fourth-order valence-electron chi connectivity index (χ4n) is 2.94. The number of benzene rings is 1. The predicted octanol–water partition coefficient (Wildman–Crippen LogP) is 2.84. The molecule has 7 nitrogen and oxygen atoms in total. The Labute approximate surface area is 155 Å². The highest BCUT2D eigenvalue weighted by Crippen LogP contribution is 2.33. The first-order chi connectivity index (χ1) is 13.0. The lowest BCUT2D eigenvalue weighted by atomic mass is 9.92. The van der Waals surface area contributed by atoms with Crippen LogP contribution in [-0.4, -0.2) is 40.6 Å². The van der Waals surface area contributed by atoms with Crippen LogP contribution in [0, 0.1) is 10.4 Å². The fraction of sp³-hybridized carbons (Fsp3) is 0.150. The number of carbonyl (C=O) groups is 1. The number of esters is 1. The van der Waals surface area contributed by atoms with Crippen LogP contribution in [-0.2, 0) is 9.53 Å². The molecule has 1 unspecified atom stereocenters. The highest BCUT2D eigenvalue weighted by atomic mass is 16.8. The van der Waals surface area contributed by atoms with E-state index in [-0.39, 0.29) is 29.2 Å². The van der Waals surface area contributed by atoms with Crippen molar-refractivity contribution in [3.8, 4) is 0 Å². The number of carbonyl (C=O) groups excluding carboxylic acids is 1. The Kier molecular flexibility index (Phi) is 5.21. The summed E-state index contributed by atoms with van der Waals surface area (Å²) >= 11 is 0. The Hall–Kier alpha value is -3.61. The second-order valence-corrected chi connectivity index (χ2v) is 5.75. The Morgan fingerprint density at radius 2 is 1.93 bits per heavy atom. The van der Waals surface area contributed by atoms with Crippen LogP contribution in [0.4, 0.5) is 0 Å². The maximum Gasteiger partial charge on any atom is 0.335 e. The molecule has 0 saturated carbocycles. The van der Waals surface area contributed by atoms with Crippen molar-refractivity contribution in [3.63, 3.8) is 0 Å². The number of ether oxygens (including phenoxy) is 1. The van der Waals surface area contributed by atoms with Gasteiger partial charge < -0.3 is 20.3 Å². The lowest BCUT2D eigenvalue weighted by Crippen LogP contribution is -2.22. The number of aliphatic hydroxyl groups excluding tert-OH is 1. The third-order valence-electron chi connectivity index (χ3n) is 4.12. The molecule has 1 aliphatic heterocycles. The molecule has 3 rings (SSSR count). The standard InChI is InChI=1S/C20H17N2O5/c1-2-27-20(24)18-17(13-8-4-3-5-9-13)15(12-21-18)19(23)14-10-6-7-11-16(14)22(25)26/h3-12,18H,2H2,1H3,(H-,23,25,26)/q-1/b19-14+. The lowest BCUT2D eigenvalue weighted by Gasteiger charge is -2.16. The molecule has 1 aromatic carbocycles. The van der Waals surface area contributed by atoms with Gasteiger partial charge in [0.1, 0.15) is 5.76 Å². The number of aliphatic imine (C=N–C) groups is 1. The number of hydrogen-bond donors (Lipinski definition) is 1. The molecule has 0 bridgehead atoms. The summed E-state index contributed by atoms with van der Waals surface area (Å²) in [6.45, 7) is 1.89. The van der Waals surface area contributed by atoms with Crippen molar-refractivity contribution >= 4 is 23.5 Å². The van der Waals surface area contributed by atoms with E-state index in [1.807, 2.05) is 6.07 Å². The van der Waals surface area contributed by atoms with Gasteiger partial charge in [-0.05, 0) is 18.6 Å². The van der Waals surface area contributed by atoms with Crippen LogP contribution in [0.1, 0.15) is 12.5 Å². The largest absolute Gasteiger partial charge is 0.612 e. The van der Waals surface area contributed by atoms with Gasteiger partial charge in [-0.15, -0.1) is 0 Å². The van der Waals surface area contributed by atoms with Crippen LogP contribution in [0.2, 0.25) is 0 Å². The molecule has 1 atom stereocenters. The number of hydrogen-bond acceptors (Lipinski definition) is 6. The maximum atomic E-state index is 12.3. The van der Waals surface area contributed by atoms with Gasteiger partial charge in [-0.2, -0.15) is 4.90 Å². The van der Waals surface area contributed by atoms with E-state index < -0.39 is 16.9 Å². The Morgan fingerprint density at radius 3 is 2.59 bits per heavy atom. The number of rotatable bonds is 4. The zero-order valence-electron chi connectivity index (χ0n) is 14.5. The van der Waals surface area contributed by atoms with Gasteiger partial charge in [0, 0.05) is 23.4 Å². The molecule has 1 aliphatic carbocycles. The first-order valence-corrected chi connectivity index (χ1v) is 8.34. The quantitative estimate of drug-likeness (QED) is 0.382. The molecule has 0 aromatic heterocycles. The molecule has 27 heavy (non-hydrogen) atoms. The van der Waals surface area contributed by atoms with Crippen LogP contribution in [0.3, 0.4) is 0 Å². The second-order valence-electron chi connectivity index (χ2n) is 5.75. The minimum atomic E-state index is -0.938. The zero-order chi connectivity index (χ0) is 19.4. The summed E-state index contributed by atoms with van der Waals surface area (Å²) in [6, 6.07) is 8.04. The SMILES string of the molecule is CCOC(=O)C1N=CC(/C(O)=C2/C=CC=CC2=[N+]([O-])[O-])=C1c1ccccc1. The summed E-state index contributed by atoms with van der Waals surface area (Å²) in [4.78, 5) is 16.0. The van der Waals surface area contributed by atoms with Gasteiger partial charge >= 0.3 is 5.97 Å². The van der Waals surface area contributed by atoms with Gasteiger partial charge in [0.25, 0.3) is 0 Å². The monoisotopic (exact) mass is 365 g/mol. The fourth-order valence-corrected chi connectivity index (χ4v) is 2.94. The maximum absolute atomic E-state index is 12.3. The van der Waals surface area contributed by atoms with Gasteiger partial charge in [0.15, 0.2) is 6.04 Å². The van der Waals surface area contributed by atoms with E-state index in [1.165, 1.54) is 24.4 Å².